The first-order valence-electron chi connectivity index (χ1n) is 6.24. The molecule has 1 saturated heterocycles. The fraction of sp³-hybridized carbons (Fsp3) is 1.00. The molecule has 3 nitrogen and oxygen atoms in total. The van der Waals surface area contributed by atoms with Crippen LogP contribution in [-0.2, 0) is 0 Å². The van der Waals surface area contributed by atoms with Crippen molar-refractivity contribution in [3.05, 3.63) is 0 Å². The van der Waals surface area contributed by atoms with E-state index in [2.05, 4.69) is 43.1 Å². The zero-order chi connectivity index (χ0) is 11.3. The van der Waals surface area contributed by atoms with Gasteiger partial charge in [-0.05, 0) is 33.0 Å². The molecule has 1 aliphatic heterocycles. The van der Waals surface area contributed by atoms with Gasteiger partial charge in [-0.2, -0.15) is 0 Å². The first kappa shape index (κ1) is 12.9. The van der Waals surface area contributed by atoms with Crippen LogP contribution in [0.5, 0.6) is 0 Å². The number of hydrogen-bond acceptors (Lipinski definition) is 3. The number of nitrogens with zero attached hydrogens (tertiary/aromatic N) is 2. The van der Waals surface area contributed by atoms with Crippen LogP contribution in [0.2, 0.25) is 0 Å². The third-order valence-corrected chi connectivity index (χ3v) is 3.16. The lowest BCUT2D eigenvalue weighted by Crippen LogP contribution is -2.46. The third kappa shape index (κ3) is 4.09. The maximum atomic E-state index is 3.32. The Kier molecular flexibility index (Phi) is 5.58. The average molecular weight is 213 g/mol. The summed E-state index contributed by atoms with van der Waals surface area (Å²) in [6.07, 6.45) is 1.26. The van der Waals surface area contributed by atoms with Crippen molar-refractivity contribution in [2.75, 3.05) is 46.8 Å². The highest BCUT2D eigenvalue weighted by Crippen LogP contribution is 2.13. The average Bonchev–Trinajstić information content (AvgIpc) is 2.27. The van der Waals surface area contributed by atoms with Gasteiger partial charge in [-0.15, -0.1) is 0 Å². The van der Waals surface area contributed by atoms with E-state index in [1.807, 2.05) is 0 Å². The van der Waals surface area contributed by atoms with Crippen LogP contribution in [-0.4, -0.2) is 62.7 Å². The molecule has 1 fully saturated rings. The largest absolute Gasteiger partial charge is 0.318 e. The van der Waals surface area contributed by atoms with Gasteiger partial charge in [0, 0.05) is 32.2 Å². The number of rotatable bonds is 4. The molecule has 15 heavy (non-hydrogen) atoms. The molecule has 3 heteroatoms. The minimum absolute atomic E-state index is 0.685. The molecule has 1 heterocycles. The lowest BCUT2D eigenvalue weighted by Gasteiger charge is -2.30. The van der Waals surface area contributed by atoms with E-state index in [1.54, 1.807) is 0 Å². The van der Waals surface area contributed by atoms with Crippen molar-refractivity contribution in [2.24, 2.45) is 5.92 Å². The van der Waals surface area contributed by atoms with E-state index in [9.17, 15) is 0 Å². The molecule has 0 aromatic carbocycles. The van der Waals surface area contributed by atoms with Crippen LogP contribution in [0.15, 0.2) is 0 Å². The van der Waals surface area contributed by atoms with E-state index >= 15 is 0 Å². The summed E-state index contributed by atoms with van der Waals surface area (Å²) in [6, 6.07) is 0.685. The highest BCUT2D eigenvalue weighted by Gasteiger charge is 2.25. The summed E-state index contributed by atoms with van der Waals surface area (Å²) in [4.78, 5) is 5.13. The molecule has 0 bridgehead atoms. The van der Waals surface area contributed by atoms with E-state index in [4.69, 9.17) is 0 Å². The molecule has 2 unspecified atom stereocenters. The highest BCUT2D eigenvalue weighted by atomic mass is 15.2. The molecule has 0 spiro atoms. The molecular formula is C12H27N3. The number of likely N-dealkylation sites (N-methyl/N-ethyl adjacent to an activating group) is 2. The molecule has 2 atom stereocenters. The normalized spacial score (nSPS) is 30.4. The molecule has 0 aliphatic carbocycles. The molecule has 90 valence electrons. The summed E-state index contributed by atoms with van der Waals surface area (Å²) in [7, 11) is 4.30. The quantitative estimate of drug-likeness (QED) is 0.747. The van der Waals surface area contributed by atoms with Crippen molar-refractivity contribution < 1.29 is 0 Å². The Morgan fingerprint density at radius 2 is 2.00 bits per heavy atom. The van der Waals surface area contributed by atoms with Crippen molar-refractivity contribution in [3.8, 4) is 0 Å². The van der Waals surface area contributed by atoms with Crippen molar-refractivity contribution in [1.29, 1.82) is 0 Å². The van der Waals surface area contributed by atoms with Gasteiger partial charge in [-0.25, -0.2) is 0 Å². The van der Waals surface area contributed by atoms with Gasteiger partial charge in [0.15, 0.2) is 0 Å². The predicted octanol–water partition coefficient (Wildman–Crippen LogP) is 0.868. The predicted molar refractivity (Wildman–Crippen MR) is 66.2 cm³/mol. The lowest BCUT2D eigenvalue weighted by molar-refractivity contribution is 0.180. The molecule has 0 amide bonds. The van der Waals surface area contributed by atoms with Crippen molar-refractivity contribution in [1.82, 2.24) is 15.1 Å². The van der Waals surface area contributed by atoms with Crippen LogP contribution in [0.1, 0.15) is 20.3 Å². The topological polar surface area (TPSA) is 18.5 Å². The maximum absolute atomic E-state index is 3.32. The van der Waals surface area contributed by atoms with Gasteiger partial charge in [0.1, 0.15) is 0 Å². The summed E-state index contributed by atoms with van der Waals surface area (Å²) in [6.45, 7) is 10.7. The van der Waals surface area contributed by atoms with E-state index in [0.717, 1.165) is 12.5 Å². The summed E-state index contributed by atoms with van der Waals surface area (Å²) >= 11 is 0. The van der Waals surface area contributed by atoms with Crippen LogP contribution in [0.3, 0.4) is 0 Å². The van der Waals surface area contributed by atoms with Crippen molar-refractivity contribution in [3.63, 3.8) is 0 Å². The van der Waals surface area contributed by atoms with Gasteiger partial charge in [0.05, 0.1) is 0 Å². The highest BCUT2D eigenvalue weighted by molar-refractivity contribution is 4.82. The fourth-order valence-corrected chi connectivity index (χ4v) is 2.68. The van der Waals surface area contributed by atoms with Gasteiger partial charge in [0.25, 0.3) is 0 Å². The first-order valence-corrected chi connectivity index (χ1v) is 6.24. The molecule has 1 rings (SSSR count). The second-order valence-corrected chi connectivity index (χ2v) is 5.03. The standard InChI is InChI=1S/C12H27N3/c1-5-6-15-9-11(2)8-14(4)10-12(15)7-13-3/h11-13H,5-10H2,1-4H3. The maximum Gasteiger partial charge on any atom is 0.0347 e. The van der Waals surface area contributed by atoms with Crippen LogP contribution >= 0.6 is 0 Å². The van der Waals surface area contributed by atoms with E-state index in [-0.39, 0.29) is 0 Å². The van der Waals surface area contributed by atoms with Gasteiger partial charge in [-0.1, -0.05) is 13.8 Å². The summed E-state index contributed by atoms with van der Waals surface area (Å²) in [5.41, 5.74) is 0. The number of hydrogen-bond donors (Lipinski definition) is 1. The fourth-order valence-electron chi connectivity index (χ4n) is 2.68. The van der Waals surface area contributed by atoms with Crippen molar-refractivity contribution in [2.45, 2.75) is 26.3 Å². The van der Waals surface area contributed by atoms with Crippen LogP contribution < -0.4 is 5.32 Å². The van der Waals surface area contributed by atoms with Crippen LogP contribution in [0.4, 0.5) is 0 Å². The van der Waals surface area contributed by atoms with Crippen LogP contribution in [0, 0.1) is 5.92 Å². The minimum Gasteiger partial charge on any atom is -0.318 e. The summed E-state index contributed by atoms with van der Waals surface area (Å²) in [5.74, 6) is 0.795. The second kappa shape index (κ2) is 6.46. The second-order valence-electron chi connectivity index (χ2n) is 5.03. The molecule has 1 aliphatic rings. The Morgan fingerprint density at radius 1 is 1.27 bits per heavy atom. The Bertz CT molecular complexity index is 154. The zero-order valence-electron chi connectivity index (χ0n) is 10.8. The van der Waals surface area contributed by atoms with Gasteiger partial charge < -0.3 is 10.2 Å². The monoisotopic (exact) mass is 213 g/mol. The lowest BCUT2D eigenvalue weighted by atomic mass is 10.1. The molecule has 0 aromatic rings. The van der Waals surface area contributed by atoms with E-state index in [1.165, 1.54) is 32.6 Å². The van der Waals surface area contributed by atoms with Crippen LogP contribution in [0.25, 0.3) is 0 Å². The number of nitrogens with one attached hydrogen (secondary N) is 1. The molecule has 0 radical (unpaired) electrons. The van der Waals surface area contributed by atoms with Gasteiger partial charge >= 0.3 is 0 Å². The SMILES string of the molecule is CCCN1CC(C)CN(C)CC1CNC. The minimum atomic E-state index is 0.685. The van der Waals surface area contributed by atoms with Gasteiger partial charge in [-0.3, -0.25) is 4.90 Å². The molecular weight excluding hydrogens is 186 g/mol. The summed E-state index contributed by atoms with van der Waals surface area (Å²) < 4.78 is 0. The first-order chi connectivity index (χ1) is 7.17. The Labute approximate surface area is 94.8 Å². The van der Waals surface area contributed by atoms with Gasteiger partial charge in [0.2, 0.25) is 0 Å². The van der Waals surface area contributed by atoms with E-state index in [0.29, 0.717) is 6.04 Å². The Morgan fingerprint density at radius 3 is 2.60 bits per heavy atom. The summed E-state index contributed by atoms with van der Waals surface area (Å²) in [5, 5.41) is 3.32. The molecule has 0 saturated carbocycles. The smallest absolute Gasteiger partial charge is 0.0347 e. The Balaban J connectivity index is 2.59. The Hall–Kier alpha value is -0.120. The molecule has 1 N–H and O–H groups in total. The van der Waals surface area contributed by atoms with Crippen molar-refractivity contribution >= 4 is 0 Å². The molecule has 0 aromatic heterocycles. The zero-order valence-corrected chi connectivity index (χ0v) is 10.8. The van der Waals surface area contributed by atoms with E-state index < -0.39 is 0 Å². The third-order valence-electron chi connectivity index (χ3n) is 3.16.